The van der Waals surface area contributed by atoms with Crippen LogP contribution in [0.25, 0.3) is 0 Å². The fraction of sp³-hybridized carbons (Fsp3) is 0.625. The SMILES string of the molecule is O=S(=O)(c1cccc(Br)c1)N1CCC2(CCCCC2)CC1. The van der Waals surface area contributed by atoms with E-state index in [0.29, 0.717) is 23.4 Å². The lowest BCUT2D eigenvalue weighted by molar-refractivity contribution is 0.102. The third-order valence-corrected chi connectivity index (χ3v) is 7.52. The van der Waals surface area contributed by atoms with Crippen LogP contribution >= 0.6 is 15.9 Å². The van der Waals surface area contributed by atoms with Crippen molar-refractivity contribution in [1.82, 2.24) is 4.31 Å². The van der Waals surface area contributed by atoms with Crippen LogP contribution in [0.15, 0.2) is 33.6 Å². The van der Waals surface area contributed by atoms with Gasteiger partial charge in [0.05, 0.1) is 4.90 Å². The minimum absolute atomic E-state index is 0.400. The Hall–Kier alpha value is -0.390. The minimum Gasteiger partial charge on any atom is -0.207 e. The molecule has 3 nitrogen and oxygen atoms in total. The molecule has 0 aromatic heterocycles. The van der Waals surface area contributed by atoms with Crippen molar-refractivity contribution in [3.63, 3.8) is 0 Å². The van der Waals surface area contributed by atoms with Crippen molar-refractivity contribution in [2.24, 2.45) is 5.41 Å². The van der Waals surface area contributed by atoms with Crippen LogP contribution < -0.4 is 0 Å². The van der Waals surface area contributed by atoms with E-state index in [1.54, 1.807) is 22.5 Å². The standard InChI is InChI=1S/C16H22BrNO2S/c17-14-5-4-6-15(13-14)21(19,20)18-11-9-16(10-12-18)7-2-1-3-8-16/h4-6,13H,1-3,7-12H2. The Bertz CT molecular complexity index is 598. The van der Waals surface area contributed by atoms with Crippen LogP contribution in [0.1, 0.15) is 44.9 Å². The number of hydrogen-bond donors (Lipinski definition) is 0. The second-order valence-corrected chi connectivity index (χ2v) is 9.28. The Labute approximate surface area is 135 Å². The van der Waals surface area contributed by atoms with Crippen LogP contribution in [0.2, 0.25) is 0 Å². The molecular weight excluding hydrogens is 350 g/mol. The van der Waals surface area contributed by atoms with E-state index in [2.05, 4.69) is 15.9 Å². The molecule has 0 bridgehead atoms. The zero-order valence-corrected chi connectivity index (χ0v) is 14.6. The van der Waals surface area contributed by atoms with Gasteiger partial charge in [0.25, 0.3) is 0 Å². The highest BCUT2D eigenvalue weighted by Gasteiger charge is 2.38. The highest BCUT2D eigenvalue weighted by molar-refractivity contribution is 9.10. The molecule has 1 saturated carbocycles. The summed E-state index contributed by atoms with van der Waals surface area (Å²) in [5.41, 5.74) is 0.432. The number of halogens is 1. The third-order valence-electron chi connectivity index (χ3n) is 5.13. The molecule has 0 atom stereocenters. The number of nitrogens with zero attached hydrogens (tertiary/aromatic N) is 1. The molecule has 2 fully saturated rings. The first-order valence-corrected chi connectivity index (χ1v) is 10.0. The second kappa shape index (κ2) is 6.01. The topological polar surface area (TPSA) is 37.4 Å². The molecule has 1 aromatic rings. The maximum absolute atomic E-state index is 12.7. The van der Waals surface area contributed by atoms with E-state index in [1.165, 1.54) is 32.1 Å². The van der Waals surface area contributed by atoms with Crippen LogP contribution in [-0.2, 0) is 10.0 Å². The van der Waals surface area contributed by atoms with Gasteiger partial charge >= 0.3 is 0 Å². The van der Waals surface area contributed by atoms with Crippen molar-refractivity contribution in [2.75, 3.05) is 13.1 Å². The van der Waals surface area contributed by atoms with Gasteiger partial charge in [-0.05, 0) is 49.3 Å². The molecule has 0 N–H and O–H groups in total. The molecule has 21 heavy (non-hydrogen) atoms. The Morgan fingerprint density at radius 2 is 1.67 bits per heavy atom. The van der Waals surface area contributed by atoms with Crippen molar-refractivity contribution in [3.8, 4) is 0 Å². The quantitative estimate of drug-likeness (QED) is 0.781. The van der Waals surface area contributed by atoms with Crippen LogP contribution in [-0.4, -0.2) is 25.8 Å². The number of hydrogen-bond acceptors (Lipinski definition) is 2. The molecule has 3 rings (SSSR count). The molecule has 1 aliphatic carbocycles. The number of sulfonamides is 1. The van der Waals surface area contributed by atoms with Crippen molar-refractivity contribution in [1.29, 1.82) is 0 Å². The van der Waals surface area contributed by atoms with Gasteiger partial charge in [-0.1, -0.05) is 41.3 Å². The van der Waals surface area contributed by atoms with Crippen molar-refractivity contribution >= 4 is 26.0 Å². The van der Waals surface area contributed by atoms with Crippen LogP contribution in [0, 0.1) is 5.41 Å². The smallest absolute Gasteiger partial charge is 0.207 e. The molecule has 0 unspecified atom stereocenters. The molecule has 1 saturated heterocycles. The molecule has 1 aromatic carbocycles. The van der Waals surface area contributed by atoms with Gasteiger partial charge in [0.15, 0.2) is 0 Å². The van der Waals surface area contributed by atoms with Gasteiger partial charge in [-0.3, -0.25) is 0 Å². The van der Waals surface area contributed by atoms with Crippen LogP contribution in [0.5, 0.6) is 0 Å². The zero-order valence-electron chi connectivity index (χ0n) is 12.2. The lowest BCUT2D eigenvalue weighted by Crippen LogP contribution is -2.43. The van der Waals surface area contributed by atoms with Crippen LogP contribution in [0.4, 0.5) is 0 Å². The maximum Gasteiger partial charge on any atom is 0.243 e. The summed E-state index contributed by atoms with van der Waals surface area (Å²) in [5, 5.41) is 0. The molecular formula is C16H22BrNO2S. The van der Waals surface area contributed by atoms with Gasteiger partial charge in [0, 0.05) is 17.6 Å². The van der Waals surface area contributed by atoms with E-state index in [1.807, 2.05) is 6.07 Å². The van der Waals surface area contributed by atoms with Gasteiger partial charge in [-0.15, -0.1) is 0 Å². The number of rotatable bonds is 2. The first-order chi connectivity index (χ1) is 10.0. The van der Waals surface area contributed by atoms with E-state index in [-0.39, 0.29) is 0 Å². The third kappa shape index (κ3) is 3.20. The minimum atomic E-state index is -3.34. The predicted octanol–water partition coefficient (Wildman–Crippen LogP) is 4.18. The fourth-order valence-electron chi connectivity index (χ4n) is 3.78. The lowest BCUT2D eigenvalue weighted by atomic mass is 9.68. The summed E-state index contributed by atoms with van der Waals surface area (Å²) >= 11 is 3.35. The first kappa shape index (κ1) is 15.5. The Balaban J connectivity index is 1.74. The molecule has 116 valence electrons. The predicted molar refractivity (Wildman–Crippen MR) is 87.7 cm³/mol. The summed E-state index contributed by atoms with van der Waals surface area (Å²) in [7, 11) is -3.34. The van der Waals surface area contributed by atoms with Gasteiger partial charge in [-0.2, -0.15) is 4.31 Å². The fourth-order valence-corrected chi connectivity index (χ4v) is 5.82. The van der Waals surface area contributed by atoms with E-state index >= 15 is 0 Å². The molecule has 0 radical (unpaired) electrons. The summed E-state index contributed by atoms with van der Waals surface area (Å²) in [6.07, 6.45) is 8.62. The van der Waals surface area contributed by atoms with E-state index in [9.17, 15) is 8.42 Å². The summed E-state index contributed by atoms with van der Waals surface area (Å²) < 4.78 is 27.9. The van der Waals surface area contributed by atoms with E-state index < -0.39 is 10.0 Å². The molecule has 1 heterocycles. The van der Waals surface area contributed by atoms with E-state index in [4.69, 9.17) is 0 Å². The molecule has 5 heteroatoms. The summed E-state index contributed by atoms with van der Waals surface area (Å²) in [4.78, 5) is 0.400. The normalized spacial score (nSPS) is 23.3. The molecule has 1 spiro atoms. The average molecular weight is 372 g/mol. The van der Waals surface area contributed by atoms with Gasteiger partial charge in [0.1, 0.15) is 0 Å². The zero-order chi connectivity index (χ0) is 14.9. The van der Waals surface area contributed by atoms with Gasteiger partial charge < -0.3 is 0 Å². The molecule has 0 amide bonds. The summed E-state index contributed by atoms with van der Waals surface area (Å²) in [6.45, 7) is 1.35. The monoisotopic (exact) mass is 371 g/mol. The first-order valence-electron chi connectivity index (χ1n) is 7.78. The molecule has 1 aliphatic heterocycles. The second-order valence-electron chi connectivity index (χ2n) is 6.42. The average Bonchev–Trinajstić information content (AvgIpc) is 2.48. The molecule has 2 aliphatic rings. The Kier molecular flexibility index (Phi) is 4.44. The van der Waals surface area contributed by atoms with Gasteiger partial charge in [0.2, 0.25) is 10.0 Å². The van der Waals surface area contributed by atoms with Crippen LogP contribution in [0.3, 0.4) is 0 Å². The van der Waals surface area contributed by atoms with Crippen molar-refractivity contribution in [2.45, 2.75) is 49.8 Å². The van der Waals surface area contributed by atoms with Crippen molar-refractivity contribution in [3.05, 3.63) is 28.7 Å². The number of piperidine rings is 1. The highest BCUT2D eigenvalue weighted by atomic mass is 79.9. The highest BCUT2D eigenvalue weighted by Crippen LogP contribution is 2.45. The lowest BCUT2D eigenvalue weighted by Gasteiger charge is -2.43. The summed E-state index contributed by atoms with van der Waals surface area (Å²) in [6, 6.07) is 7.02. The number of benzene rings is 1. The van der Waals surface area contributed by atoms with Crippen molar-refractivity contribution < 1.29 is 8.42 Å². The van der Waals surface area contributed by atoms with E-state index in [0.717, 1.165) is 17.3 Å². The summed E-state index contributed by atoms with van der Waals surface area (Å²) in [5.74, 6) is 0. The Morgan fingerprint density at radius 3 is 2.29 bits per heavy atom. The maximum atomic E-state index is 12.7. The largest absolute Gasteiger partial charge is 0.243 e. The Morgan fingerprint density at radius 1 is 1.00 bits per heavy atom. The van der Waals surface area contributed by atoms with Gasteiger partial charge in [-0.25, -0.2) is 8.42 Å².